The Bertz CT molecular complexity index is 3130. The number of nitrogens with zero attached hydrogens (tertiary/aromatic N) is 7. The standard InChI is InChI=1S/C27H25N5O2.C17H17N3O3.C10H10N2.CH4.ClH/c1-16-8-17(2)22(25(33)32-12-20(13-32)19-6-4-18(10-28)5-7-19)9-21(16)24-23(11-29)30-26(31-24)27(3)14-34-15-27;1-9-4-10(2)12(15(21)22)5-11(9)14-13(6-18)19-16(20-14)17(3)7-23-8-17;11-5-8-1-3-9(4-2-8)10-6-12-7-10;;/h4-9,20H,12-15H2,1-3H3,(H,30,31);4-5H,7-8H2,1-3H3,(H,19,20)(H,21,22);1-4,10,12H,6-7H2;1H4;1H. The zero-order valence-corrected chi connectivity index (χ0v) is 40.7. The van der Waals surface area contributed by atoms with Crippen LogP contribution in [-0.4, -0.2) is 94.4 Å². The zero-order valence-electron chi connectivity index (χ0n) is 39.9. The Morgan fingerprint density at radius 1 is 0.634 bits per heavy atom. The molecule has 4 N–H and O–H groups in total. The van der Waals surface area contributed by atoms with Crippen molar-refractivity contribution in [2.24, 2.45) is 0 Å². The van der Waals surface area contributed by atoms with E-state index >= 15 is 0 Å². The number of carboxylic acids is 1. The van der Waals surface area contributed by atoms with Crippen LogP contribution in [0.5, 0.6) is 0 Å². The highest BCUT2D eigenvalue weighted by molar-refractivity contribution is 5.98. The topological polar surface area (TPSA) is 241 Å². The quantitative estimate of drug-likeness (QED) is 0.112. The van der Waals surface area contributed by atoms with Crippen molar-refractivity contribution in [1.29, 1.82) is 21.0 Å². The number of rotatable bonds is 8. The third-order valence-corrected chi connectivity index (χ3v) is 13.6. The third-order valence-electron chi connectivity index (χ3n) is 13.6. The average Bonchev–Trinajstić information content (AvgIpc) is 3.93. The van der Waals surface area contributed by atoms with Crippen molar-refractivity contribution in [2.45, 2.75) is 71.6 Å². The fraction of sp³-hybridized carbons (Fsp3) is 0.345. The minimum absolute atomic E-state index is 0. The second-order valence-corrected chi connectivity index (χ2v) is 18.9. The Hall–Kier alpha value is -7.63. The van der Waals surface area contributed by atoms with Crippen LogP contribution in [0.3, 0.4) is 0 Å². The van der Waals surface area contributed by atoms with Crippen molar-refractivity contribution in [3.8, 4) is 46.8 Å². The number of carbonyl (C=O) groups is 2. The number of halogens is 1. The summed E-state index contributed by atoms with van der Waals surface area (Å²) in [4.78, 5) is 42.1. The molecule has 4 saturated heterocycles. The molecule has 0 atom stereocenters. The van der Waals surface area contributed by atoms with Gasteiger partial charge in [-0.15, -0.1) is 12.4 Å². The molecule has 6 heterocycles. The SMILES string of the molecule is C.Cc1cc(C)c(-c2[nH]c(C3(C)COC3)nc2C#N)cc1C(=O)N1CC(c2ccc(C#N)cc2)C1.Cc1cc(C)c(-c2[nH]c(C3(C)COC3)nc2C#N)cc1C(=O)O.Cl.N#Cc1ccc(C2CNC2)cc1. The highest BCUT2D eigenvalue weighted by Gasteiger charge is 2.40. The number of hydrogen-bond acceptors (Lipinski definition) is 11. The van der Waals surface area contributed by atoms with Crippen molar-refractivity contribution in [3.05, 3.63) is 151 Å². The van der Waals surface area contributed by atoms with Gasteiger partial charge in [0.25, 0.3) is 5.91 Å². The number of aryl methyl sites for hydroxylation is 4. The molecule has 1 amide bonds. The fourth-order valence-corrected chi connectivity index (χ4v) is 8.87. The van der Waals surface area contributed by atoms with E-state index in [-0.39, 0.29) is 53.7 Å². The number of aromatic nitrogens is 4. The van der Waals surface area contributed by atoms with E-state index in [1.165, 1.54) is 5.56 Å². The summed E-state index contributed by atoms with van der Waals surface area (Å²) in [7, 11) is 0. The summed E-state index contributed by atoms with van der Waals surface area (Å²) in [5, 5.41) is 49.2. The van der Waals surface area contributed by atoms with Gasteiger partial charge in [0.15, 0.2) is 11.4 Å². The molecule has 2 aromatic heterocycles. The van der Waals surface area contributed by atoms with Crippen molar-refractivity contribution in [3.63, 3.8) is 0 Å². The predicted molar refractivity (Wildman–Crippen MR) is 270 cm³/mol. The van der Waals surface area contributed by atoms with Crippen LogP contribution < -0.4 is 5.32 Å². The highest BCUT2D eigenvalue weighted by atomic mass is 35.5. The molecule has 0 spiro atoms. The van der Waals surface area contributed by atoms with Gasteiger partial charge in [-0.1, -0.05) is 43.8 Å². The van der Waals surface area contributed by atoms with Crippen LogP contribution in [0.1, 0.15) is 121 Å². The van der Waals surface area contributed by atoms with Crippen LogP contribution in [0.25, 0.3) is 22.5 Å². The molecule has 71 heavy (non-hydrogen) atoms. The van der Waals surface area contributed by atoms with Crippen LogP contribution >= 0.6 is 12.4 Å². The Labute approximate surface area is 420 Å². The second-order valence-electron chi connectivity index (χ2n) is 18.9. The van der Waals surface area contributed by atoms with Gasteiger partial charge in [0.1, 0.15) is 23.8 Å². The Balaban J connectivity index is 0.000000192. The number of ether oxygens (including phenoxy) is 2. The first kappa shape index (κ1) is 52.7. The maximum atomic E-state index is 13.4. The first-order chi connectivity index (χ1) is 33.1. The minimum atomic E-state index is -0.985. The van der Waals surface area contributed by atoms with E-state index in [9.17, 15) is 25.2 Å². The maximum Gasteiger partial charge on any atom is 0.335 e. The number of benzene rings is 4. The highest BCUT2D eigenvalue weighted by Crippen LogP contribution is 2.37. The summed E-state index contributed by atoms with van der Waals surface area (Å²) in [5.74, 6) is 1.38. The summed E-state index contributed by atoms with van der Waals surface area (Å²) in [6.07, 6.45) is 0. The number of carbonyl (C=O) groups excluding carboxylic acids is 1. The number of carboxylic acid groups (broad SMARTS) is 1. The largest absolute Gasteiger partial charge is 0.478 e. The van der Waals surface area contributed by atoms with Gasteiger partial charge in [0.05, 0.1) is 77.5 Å². The van der Waals surface area contributed by atoms with Crippen LogP contribution in [0.2, 0.25) is 0 Å². The molecule has 4 fully saturated rings. The van der Waals surface area contributed by atoms with E-state index in [0.717, 1.165) is 52.3 Å². The van der Waals surface area contributed by atoms with Crippen LogP contribution in [-0.2, 0) is 20.3 Å². The number of aromatic carboxylic acids is 1. The molecule has 0 unspecified atom stereocenters. The molecule has 0 bridgehead atoms. The molecule has 10 rings (SSSR count). The number of hydrogen-bond donors (Lipinski definition) is 4. The van der Waals surface area contributed by atoms with Crippen LogP contribution in [0.15, 0.2) is 72.8 Å². The lowest BCUT2D eigenvalue weighted by Gasteiger charge is -2.40. The number of nitrogens with one attached hydrogen (secondary N) is 3. The number of likely N-dealkylation sites (tertiary alicyclic amines) is 1. The van der Waals surface area contributed by atoms with E-state index in [1.54, 1.807) is 13.0 Å². The molecule has 6 aromatic rings. The van der Waals surface area contributed by atoms with E-state index in [0.29, 0.717) is 90.6 Å². The monoisotopic (exact) mass is 972 g/mol. The first-order valence-electron chi connectivity index (χ1n) is 22.7. The van der Waals surface area contributed by atoms with Crippen LogP contribution in [0.4, 0.5) is 0 Å². The van der Waals surface area contributed by atoms with Crippen LogP contribution in [0, 0.1) is 73.0 Å². The lowest BCUT2D eigenvalue weighted by Crippen LogP contribution is -2.48. The summed E-state index contributed by atoms with van der Waals surface area (Å²) in [6.45, 7) is 17.3. The number of H-pyrrole nitrogens is 2. The van der Waals surface area contributed by atoms with Gasteiger partial charge in [-0.3, -0.25) is 4.79 Å². The first-order valence-corrected chi connectivity index (χ1v) is 22.7. The van der Waals surface area contributed by atoms with Gasteiger partial charge in [-0.05, 0) is 111 Å². The molecule has 4 aliphatic heterocycles. The zero-order chi connectivity index (χ0) is 49.2. The molecule has 0 radical (unpaired) electrons. The van der Waals surface area contributed by atoms with E-state index in [2.05, 4.69) is 56.5 Å². The summed E-state index contributed by atoms with van der Waals surface area (Å²) >= 11 is 0. The van der Waals surface area contributed by atoms with Crippen molar-refractivity contribution in [1.82, 2.24) is 30.2 Å². The molecular weight excluding hydrogens is 916 g/mol. The van der Waals surface area contributed by atoms with E-state index in [4.69, 9.17) is 20.0 Å². The Morgan fingerprint density at radius 2 is 1.04 bits per heavy atom. The Morgan fingerprint density at radius 3 is 1.39 bits per heavy atom. The maximum absolute atomic E-state index is 13.4. The van der Waals surface area contributed by atoms with Crippen molar-refractivity contribution in [2.75, 3.05) is 52.6 Å². The number of imidazole rings is 2. The molecule has 16 heteroatoms. The van der Waals surface area contributed by atoms with Gasteiger partial charge < -0.3 is 34.8 Å². The lowest BCUT2D eigenvalue weighted by molar-refractivity contribution is -0.0539. The van der Waals surface area contributed by atoms with Gasteiger partial charge in [-0.25, -0.2) is 14.8 Å². The normalized spacial score (nSPS) is 15.9. The van der Waals surface area contributed by atoms with Gasteiger partial charge in [-0.2, -0.15) is 21.0 Å². The van der Waals surface area contributed by atoms with Crippen molar-refractivity contribution >= 4 is 24.3 Å². The molecule has 4 aliphatic rings. The summed E-state index contributed by atoms with van der Waals surface area (Å²) in [6, 6.07) is 31.3. The number of nitriles is 4. The number of amides is 1. The molecular formula is C55H57ClN10O5. The Kier molecular flexibility index (Phi) is 16.0. The predicted octanol–water partition coefficient (Wildman–Crippen LogP) is 8.82. The van der Waals surface area contributed by atoms with Gasteiger partial charge in [0, 0.05) is 54.7 Å². The average molecular weight is 974 g/mol. The second kappa shape index (κ2) is 21.6. The fourth-order valence-electron chi connectivity index (χ4n) is 8.87. The third kappa shape index (κ3) is 10.6. The van der Waals surface area contributed by atoms with Crippen molar-refractivity contribution < 1.29 is 24.2 Å². The summed E-state index contributed by atoms with van der Waals surface area (Å²) < 4.78 is 10.6. The molecule has 0 aliphatic carbocycles. The number of aromatic amines is 2. The smallest absolute Gasteiger partial charge is 0.335 e. The van der Waals surface area contributed by atoms with Gasteiger partial charge in [0.2, 0.25) is 0 Å². The molecule has 364 valence electrons. The summed E-state index contributed by atoms with van der Waals surface area (Å²) in [5.41, 5.74) is 11.1. The molecule has 0 saturated carbocycles. The molecule has 15 nitrogen and oxygen atoms in total. The van der Waals surface area contributed by atoms with E-state index < -0.39 is 5.97 Å². The minimum Gasteiger partial charge on any atom is -0.478 e. The molecule has 4 aromatic carbocycles. The lowest BCUT2D eigenvalue weighted by atomic mass is 9.88. The van der Waals surface area contributed by atoms with Gasteiger partial charge >= 0.3 is 5.97 Å². The van der Waals surface area contributed by atoms with E-state index in [1.807, 2.05) is 99.3 Å².